The smallest absolute Gasteiger partial charge is 0.242 e. The zero-order valence-corrected chi connectivity index (χ0v) is 13.6. The van der Waals surface area contributed by atoms with Gasteiger partial charge in [0.25, 0.3) is 0 Å². The Hall–Kier alpha value is -2.21. The second kappa shape index (κ2) is 6.02. The molecule has 0 radical (unpaired) electrons. The van der Waals surface area contributed by atoms with Crippen molar-refractivity contribution in [3.63, 3.8) is 0 Å². The van der Waals surface area contributed by atoms with Crippen LogP contribution in [0.4, 0.5) is 0 Å². The molecule has 2 saturated heterocycles. The van der Waals surface area contributed by atoms with Crippen molar-refractivity contribution < 1.29 is 14.4 Å². The number of carbonyl (C=O) groups is 3. The Bertz CT molecular complexity index is 681. The average molecular weight is 327 g/mol. The van der Waals surface area contributed by atoms with Crippen molar-refractivity contribution in [2.45, 2.75) is 31.8 Å². The van der Waals surface area contributed by atoms with Gasteiger partial charge in [0.1, 0.15) is 6.54 Å². The number of carbonyl (C=O) groups excluding carboxylic acids is 3. The monoisotopic (exact) mass is 327 g/mol. The van der Waals surface area contributed by atoms with E-state index in [0.717, 1.165) is 24.4 Å². The van der Waals surface area contributed by atoms with Crippen molar-refractivity contribution >= 4 is 17.7 Å². The van der Waals surface area contributed by atoms with Gasteiger partial charge in [-0.2, -0.15) is 0 Å². The molecule has 0 N–H and O–H groups in total. The molecular formula is C18H21N3O3. The minimum absolute atomic E-state index is 0.0901. The third-order valence-electron chi connectivity index (χ3n) is 5.34. The van der Waals surface area contributed by atoms with Crippen LogP contribution in [0.15, 0.2) is 24.3 Å². The van der Waals surface area contributed by atoms with Crippen LogP contribution >= 0.6 is 0 Å². The van der Waals surface area contributed by atoms with Crippen molar-refractivity contribution in [2.24, 2.45) is 0 Å². The van der Waals surface area contributed by atoms with Gasteiger partial charge >= 0.3 is 0 Å². The predicted molar refractivity (Wildman–Crippen MR) is 86.9 cm³/mol. The molecule has 3 heterocycles. The summed E-state index contributed by atoms with van der Waals surface area (Å²) in [5, 5.41) is 0. The fourth-order valence-electron chi connectivity index (χ4n) is 3.75. The van der Waals surface area contributed by atoms with E-state index < -0.39 is 0 Å². The first-order valence-electron chi connectivity index (χ1n) is 8.53. The molecule has 3 amide bonds. The lowest BCUT2D eigenvalue weighted by atomic mass is 9.96. The van der Waals surface area contributed by atoms with Gasteiger partial charge in [0, 0.05) is 45.1 Å². The first-order chi connectivity index (χ1) is 11.6. The van der Waals surface area contributed by atoms with E-state index in [-0.39, 0.29) is 37.1 Å². The summed E-state index contributed by atoms with van der Waals surface area (Å²) < 4.78 is 0. The highest BCUT2D eigenvalue weighted by Crippen LogP contribution is 2.24. The van der Waals surface area contributed by atoms with E-state index >= 15 is 0 Å². The van der Waals surface area contributed by atoms with Gasteiger partial charge in [-0.1, -0.05) is 24.3 Å². The summed E-state index contributed by atoms with van der Waals surface area (Å²) in [6.45, 7) is 3.25. The third-order valence-corrected chi connectivity index (χ3v) is 5.34. The minimum atomic E-state index is -0.224. The molecule has 0 saturated carbocycles. The Morgan fingerprint density at radius 2 is 1.67 bits per heavy atom. The largest absolute Gasteiger partial charge is 0.338 e. The maximum absolute atomic E-state index is 12.3. The standard InChI is InChI=1S/C18H21N3O3/c22-16-5-6-17(23)21(16)12-18(24)20-10-15(11-20)19-8-7-13-3-1-2-4-14(13)9-19/h1-4,15H,5-12H2. The molecule has 0 aliphatic carbocycles. The summed E-state index contributed by atoms with van der Waals surface area (Å²) in [6.07, 6.45) is 1.53. The second-order valence-electron chi connectivity index (χ2n) is 6.82. The molecule has 4 rings (SSSR count). The maximum Gasteiger partial charge on any atom is 0.242 e. The number of nitrogens with zero attached hydrogens (tertiary/aromatic N) is 3. The quantitative estimate of drug-likeness (QED) is 0.754. The predicted octanol–water partition coefficient (Wildman–Crippen LogP) is 0.405. The average Bonchev–Trinajstić information content (AvgIpc) is 2.85. The Labute approximate surface area is 141 Å². The summed E-state index contributed by atoms with van der Waals surface area (Å²) in [5.41, 5.74) is 2.80. The first-order valence-corrected chi connectivity index (χ1v) is 8.53. The zero-order valence-electron chi connectivity index (χ0n) is 13.6. The molecule has 24 heavy (non-hydrogen) atoms. The number of hydrogen-bond acceptors (Lipinski definition) is 4. The number of rotatable bonds is 3. The Kier molecular flexibility index (Phi) is 3.84. The fraction of sp³-hybridized carbons (Fsp3) is 0.500. The highest BCUT2D eigenvalue weighted by Gasteiger charge is 2.38. The SMILES string of the molecule is O=C(CN1C(=O)CCC1=O)N1CC(N2CCc3ccccc3C2)C1. The van der Waals surface area contributed by atoms with E-state index in [2.05, 4.69) is 29.2 Å². The summed E-state index contributed by atoms with van der Waals surface area (Å²) in [5.74, 6) is -0.566. The highest BCUT2D eigenvalue weighted by atomic mass is 16.2. The summed E-state index contributed by atoms with van der Waals surface area (Å²) in [6, 6.07) is 8.90. The molecule has 0 spiro atoms. The molecular weight excluding hydrogens is 306 g/mol. The lowest BCUT2D eigenvalue weighted by molar-refractivity contribution is -0.149. The van der Waals surface area contributed by atoms with Crippen molar-refractivity contribution in [1.29, 1.82) is 0 Å². The molecule has 0 atom stereocenters. The Morgan fingerprint density at radius 3 is 2.38 bits per heavy atom. The van der Waals surface area contributed by atoms with Crippen LogP contribution in [0.1, 0.15) is 24.0 Å². The topological polar surface area (TPSA) is 60.9 Å². The molecule has 1 aromatic carbocycles. The van der Waals surface area contributed by atoms with Gasteiger partial charge in [-0.05, 0) is 17.5 Å². The van der Waals surface area contributed by atoms with E-state index in [0.29, 0.717) is 19.1 Å². The summed E-state index contributed by atoms with van der Waals surface area (Å²) >= 11 is 0. The van der Waals surface area contributed by atoms with Crippen LogP contribution in [0.25, 0.3) is 0 Å². The fourth-order valence-corrected chi connectivity index (χ4v) is 3.75. The molecule has 0 unspecified atom stereocenters. The molecule has 126 valence electrons. The molecule has 6 heteroatoms. The highest BCUT2D eigenvalue weighted by molar-refractivity contribution is 6.04. The summed E-state index contributed by atoms with van der Waals surface area (Å²) in [7, 11) is 0. The van der Waals surface area contributed by atoms with Gasteiger partial charge in [-0.3, -0.25) is 24.2 Å². The van der Waals surface area contributed by atoms with Crippen LogP contribution in [0, 0.1) is 0 Å². The normalized spacial score (nSPS) is 21.8. The molecule has 3 aliphatic heterocycles. The molecule has 1 aromatic rings. The number of imide groups is 1. The van der Waals surface area contributed by atoms with Crippen molar-refractivity contribution in [3.8, 4) is 0 Å². The Balaban J connectivity index is 1.30. The maximum atomic E-state index is 12.3. The van der Waals surface area contributed by atoms with Crippen molar-refractivity contribution in [3.05, 3.63) is 35.4 Å². The summed E-state index contributed by atoms with van der Waals surface area (Å²) in [4.78, 5) is 40.8. The number of hydrogen-bond donors (Lipinski definition) is 0. The van der Waals surface area contributed by atoms with Gasteiger partial charge in [-0.25, -0.2) is 0 Å². The van der Waals surface area contributed by atoms with E-state index in [1.807, 2.05) is 0 Å². The Morgan fingerprint density at radius 1 is 1.00 bits per heavy atom. The van der Waals surface area contributed by atoms with Crippen molar-refractivity contribution in [1.82, 2.24) is 14.7 Å². The number of benzene rings is 1. The van der Waals surface area contributed by atoms with Crippen LogP contribution < -0.4 is 0 Å². The van der Waals surface area contributed by atoms with E-state index in [4.69, 9.17) is 0 Å². The first kappa shape index (κ1) is 15.3. The van der Waals surface area contributed by atoms with Gasteiger partial charge < -0.3 is 4.90 Å². The van der Waals surface area contributed by atoms with Crippen LogP contribution in [0.3, 0.4) is 0 Å². The van der Waals surface area contributed by atoms with Crippen molar-refractivity contribution in [2.75, 3.05) is 26.2 Å². The molecule has 6 nitrogen and oxygen atoms in total. The lowest BCUT2D eigenvalue weighted by Crippen LogP contribution is -2.63. The second-order valence-corrected chi connectivity index (χ2v) is 6.82. The number of fused-ring (bicyclic) bond motifs is 1. The van der Waals surface area contributed by atoms with E-state index in [1.54, 1.807) is 4.90 Å². The van der Waals surface area contributed by atoms with Crippen LogP contribution in [-0.2, 0) is 27.3 Å². The van der Waals surface area contributed by atoms with Gasteiger partial charge in [0.15, 0.2) is 0 Å². The van der Waals surface area contributed by atoms with Crippen LogP contribution in [-0.4, -0.2) is 64.6 Å². The van der Waals surface area contributed by atoms with Crippen LogP contribution in [0.2, 0.25) is 0 Å². The third kappa shape index (κ3) is 2.71. The van der Waals surface area contributed by atoms with Crippen LogP contribution in [0.5, 0.6) is 0 Å². The lowest BCUT2D eigenvalue weighted by Gasteiger charge is -2.47. The number of likely N-dealkylation sites (tertiary alicyclic amines) is 2. The van der Waals surface area contributed by atoms with E-state index in [1.165, 1.54) is 11.1 Å². The molecule has 3 aliphatic rings. The minimum Gasteiger partial charge on any atom is -0.338 e. The molecule has 0 bridgehead atoms. The van der Waals surface area contributed by atoms with E-state index in [9.17, 15) is 14.4 Å². The van der Waals surface area contributed by atoms with Gasteiger partial charge in [0.2, 0.25) is 17.7 Å². The number of amides is 3. The molecule has 0 aromatic heterocycles. The van der Waals surface area contributed by atoms with Gasteiger partial charge in [0.05, 0.1) is 0 Å². The molecule has 2 fully saturated rings. The zero-order chi connectivity index (χ0) is 16.7. The van der Waals surface area contributed by atoms with Gasteiger partial charge in [-0.15, -0.1) is 0 Å².